The molecule has 5 nitrogen and oxygen atoms in total. The predicted octanol–water partition coefficient (Wildman–Crippen LogP) is 2.47. The van der Waals surface area contributed by atoms with Crippen LogP contribution in [-0.4, -0.2) is 48.0 Å². The average Bonchev–Trinajstić information content (AvgIpc) is 2.85. The van der Waals surface area contributed by atoms with E-state index in [1.165, 1.54) is 25.9 Å². The number of oxime groups is 1. The maximum atomic E-state index is 13.1. The normalized spacial score (nSPS) is 25.4. The Morgan fingerprint density at radius 2 is 2.19 bits per heavy atom. The van der Waals surface area contributed by atoms with Gasteiger partial charge in [0.2, 0.25) is 0 Å². The lowest BCUT2D eigenvalue weighted by atomic mass is 10.1. The highest BCUT2D eigenvalue weighted by molar-refractivity contribution is 8.14. The number of hydrazine groups is 1. The molecule has 2 heterocycles. The molecular weight excluding hydrogens is 307 g/mol. The van der Waals surface area contributed by atoms with Gasteiger partial charge in [-0.1, -0.05) is 5.16 Å². The second-order valence-electron chi connectivity index (χ2n) is 5.48. The number of nitrogens with zero attached hydrogens (tertiary/aromatic N) is 2. The van der Waals surface area contributed by atoms with Crippen LogP contribution >= 0.6 is 11.8 Å². The number of nitrogens with one attached hydrogen (secondary N) is 1. The molecule has 0 saturated carbocycles. The van der Waals surface area contributed by atoms with Gasteiger partial charge < -0.3 is 14.6 Å². The molecule has 0 aliphatic carbocycles. The summed E-state index contributed by atoms with van der Waals surface area (Å²) in [6.07, 6.45) is -4.62. The standard InChI is InChI=1S/C12H18F3N3O2S/c1-11(2)5-8(17-20-11)21-6-7-9(12(13,14)15)18(3)16-10(7)19-4/h10,16H,5-6H2,1-4H3. The van der Waals surface area contributed by atoms with Crippen molar-refractivity contribution in [1.29, 1.82) is 0 Å². The molecule has 1 N–H and O–H groups in total. The SMILES string of the molecule is COC1NN(C)C(C(F)(F)F)=C1CSC1=NOC(C)(C)C1. The van der Waals surface area contributed by atoms with E-state index in [-0.39, 0.29) is 11.3 Å². The molecule has 2 aliphatic rings. The quantitative estimate of drug-likeness (QED) is 0.864. The van der Waals surface area contributed by atoms with Crippen molar-refractivity contribution in [3.63, 3.8) is 0 Å². The van der Waals surface area contributed by atoms with Gasteiger partial charge in [-0.05, 0) is 13.8 Å². The van der Waals surface area contributed by atoms with Gasteiger partial charge in [0.25, 0.3) is 0 Å². The molecule has 0 saturated heterocycles. The number of halogens is 3. The van der Waals surface area contributed by atoms with E-state index in [4.69, 9.17) is 9.57 Å². The lowest BCUT2D eigenvalue weighted by Crippen LogP contribution is -2.38. The molecule has 0 amide bonds. The fourth-order valence-electron chi connectivity index (χ4n) is 2.21. The highest BCUT2D eigenvalue weighted by atomic mass is 32.2. The number of allylic oxidation sites excluding steroid dienone is 1. The Bertz CT molecular complexity index is 477. The van der Waals surface area contributed by atoms with Crippen LogP contribution < -0.4 is 5.43 Å². The number of rotatable bonds is 3. The first-order chi connectivity index (χ1) is 9.64. The fraction of sp³-hybridized carbons (Fsp3) is 0.750. The van der Waals surface area contributed by atoms with Crippen molar-refractivity contribution in [3.05, 3.63) is 11.3 Å². The summed E-state index contributed by atoms with van der Waals surface area (Å²) in [6, 6.07) is 0. The monoisotopic (exact) mass is 325 g/mol. The smallest absolute Gasteiger partial charge is 0.389 e. The van der Waals surface area contributed by atoms with Crippen LogP contribution in [0.4, 0.5) is 13.2 Å². The summed E-state index contributed by atoms with van der Waals surface area (Å²) in [5, 5.41) is 5.56. The van der Waals surface area contributed by atoms with E-state index in [1.54, 1.807) is 0 Å². The van der Waals surface area contributed by atoms with Gasteiger partial charge in [0.1, 0.15) is 22.6 Å². The zero-order valence-corrected chi connectivity index (χ0v) is 13.1. The maximum absolute atomic E-state index is 13.1. The highest BCUT2D eigenvalue weighted by Crippen LogP contribution is 2.37. The van der Waals surface area contributed by atoms with Crippen LogP contribution in [0, 0.1) is 0 Å². The topological polar surface area (TPSA) is 46.1 Å². The molecule has 21 heavy (non-hydrogen) atoms. The van der Waals surface area contributed by atoms with Crippen LogP contribution in [0.3, 0.4) is 0 Å². The Morgan fingerprint density at radius 1 is 1.52 bits per heavy atom. The Balaban J connectivity index is 2.12. The van der Waals surface area contributed by atoms with Gasteiger partial charge in [-0.25, -0.2) is 5.43 Å². The summed E-state index contributed by atoms with van der Waals surface area (Å²) in [6.45, 7) is 3.76. The number of alkyl halides is 3. The molecule has 0 bridgehead atoms. The van der Waals surface area contributed by atoms with Crippen molar-refractivity contribution in [3.8, 4) is 0 Å². The van der Waals surface area contributed by atoms with E-state index in [1.807, 2.05) is 13.8 Å². The third-order valence-electron chi connectivity index (χ3n) is 3.14. The molecule has 2 aliphatic heterocycles. The van der Waals surface area contributed by atoms with Gasteiger partial charge in [-0.3, -0.25) is 0 Å². The van der Waals surface area contributed by atoms with Crippen molar-refractivity contribution >= 4 is 16.8 Å². The summed E-state index contributed by atoms with van der Waals surface area (Å²) in [4.78, 5) is 5.21. The van der Waals surface area contributed by atoms with E-state index in [9.17, 15) is 13.2 Å². The van der Waals surface area contributed by atoms with Gasteiger partial charge >= 0.3 is 6.18 Å². The molecular formula is C12H18F3N3O2S. The molecule has 0 fully saturated rings. The molecule has 0 radical (unpaired) electrons. The van der Waals surface area contributed by atoms with E-state index in [0.717, 1.165) is 5.01 Å². The lowest BCUT2D eigenvalue weighted by Gasteiger charge is -2.19. The molecule has 0 aromatic rings. The molecule has 120 valence electrons. The van der Waals surface area contributed by atoms with Gasteiger partial charge in [-0.2, -0.15) is 13.2 Å². The number of methoxy groups -OCH3 is 1. The van der Waals surface area contributed by atoms with Crippen LogP contribution in [0.1, 0.15) is 20.3 Å². The molecule has 0 aromatic carbocycles. The Kier molecular flexibility index (Phi) is 4.46. The van der Waals surface area contributed by atoms with Crippen LogP contribution in [0.25, 0.3) is 0 Å². The van der Waals surface area contributed by atoms with Crippen molar-refractivity contribution in [1.82, 2.24) is 10.4 Å². The summed E-state index contributed by atoms with van der Waals surface area (Å²) in [7, 11) is 2.70. The molecule has 1 unspecified atom stereocenters. The molecule has 0 spiro atoms. The van der Waals surface area contributed by atoms with E-state index < -0.39 is 23.7 Å². The van der Waals surface area contributed by atoms with Gasteiger partial charge in [-0.15, -0.1) is 11.8 Å². The van der Waals surface area contributed by atoms with E-state index in [2.05, 4.69) is 10.6 Å². The van der Waals surface area contributed by atoms with E-state index >= 15 is 0 Å². The van der Waals surface area contributed by atoms with Crippen LogP contribution in [0.5, 0.6) is 0 Å². The zero-order valence-electron chi connectivity index (χ0n) is 12.2. The second kappa shape index (κ2) is 5.69. The highest BCUT2D eigenvalue weighted by Gasteiger charge is 2.45. The van der Waals surface area contributed by atoms with Crippen LogP contribution in [0.2, 0.25) is 0 Å². The summed E-state index contributed by atoms with van der Waals surface area (Å²) >= 11 is 1.25. The lowest BCUT2D eigenvalue weighted by molar-refractivity contribution is -0.111. The predicted molar refractivity (Wildman–Crippen MR) is 74.5 cm³/mol. The number of hydrogen-bond donors (Lipinski definition) is 1. The third-order valence-corrected chi connectivity index (χ3v) is 4.14. The molecule has 2 rings (SSSR count). The number of ether oxygens (including phenoxy) is 1. The minimum atomic E-state index is -4.43. The minimum Gasteiger partial charge on any atom is -0.389 e. The Hall–Kier alpha value is -0.930. The van der Waals surface area contributed by atoms with Crippen LogP contribution in [0.15, 0.2) is 16.4 Å². The maximum Gasteiger partial charge on any atom is 0.432 e. The first kappa shape index (κ1) is 16.4. The largest absolute Gasteiger partial charge is 0.432 e. The molecule has 9 heteroatoms. The first-order valence-corrected chi connectivity index (χ1v) is 7.33. The summed E-state index contributed by atoms with van der Waals surface area (Å²) in [5.41, 5.74) is 1.69. The molecule has 0 aromatic heterocycles. The summed E-state index contributed by atoms with van der Waals surface area (Å²) in [5.74, 6) is 0.142. The average molecular weight is 325 g/mol. The number of hydrogen-bond acceptors (Lipinski definition) is 6. The fourth-order valence-corrected chi connectivity index (χ4v) is 3.36. The second-order valence-corrected chi connectivity index (χ2v) is 6.53. The van der Waals surface area contributed by atoms with Crippen molar-refractivity contribution in [2.24, 2.45) is 5.16 Å². The number of thioether (sulfide) groups is 1. The van der Waals surface area contributed by atoms with Crippen molar-refractivity contribution < 1.29 is 22.7 Å². The Labute approximate surface area is 125 Å². The van der Waals surface area contributed by atoms with Gasteiger partial charge in [0.15, 0.2) is 0 Å². The summed E-state index contributed by atoms with van der Waals surface area (Å²) < 4.78 is 44.5. The minimum absolute atomic E-state index is 0.142. The van der Waals surface area contributed by atoms with E-state index in [0.29, 0.717) is 11.5 Å². The van der Waals surface area contributed by atoms with Crippen LogP contribution in [-0.2, 0) is 9.57 Å². The van der Waals surface area contributed by atoms with Gasteiger partial charge in [0.05, 0.1) is 0 Å². The zero-order chi connectivity index (χ0) is 15.8. The Morgan fingerprint density at radius 3 is 2.67 bits per heavy atom. The molecule has 1 atom stereocenters. The third kappa shape index (κ3) is 3.64. The van der Waals surface area contributed by atoms with Gasteiger partial charge in [0, 0.05) is 31.9 Å². The van der Waals surface area contributed by atoms with Crippen molar-refractivity contribution in [2.75, 3.05) is 19.9 Å². The first-order valence-electron chi connectivity index (χ1n) is 6.35. The van der Waals surface area contributed by atoms with Crippen molar-refractivity contribution in [2.45, 2.75) is 38.3 Å².